The highest BCUT2D eigenvalue weighted by atomic mass is 16.6. The Bertz CT molecular complexity index is 638. The third kappa shape index (κ3) is 3.51. The van der Waals surface area contributed by atoms with Crippen molar-refractivity contribution in [3.63, 3.8) is 0 Å². The number of anilines is 2. The Hall–Kier alpha value is -2.56. The van der Waals surface area contributed by atoms with E-state index in [1.807, 2.05) is 13.0 Å². The number of nitro benzene ring substituents is 1. The van der Waals surface area contributed by atoms with E-state index in [1.54, 1.807) is 12.1 Å². The average molecular weight is 285 g/mol. The molecule has 0 radical (unpaired) electrons. The second kappa shape index (κ2) is 6.26. The molecule has 0 fully saturated rings. The number of rotatable bonds is 5. The van der Waals surface area contributed by atoms with Gasteiger partial charge in [0.2, 0.25) is 0 Å². The largest absolute Gasteiger partial charge is 0.393 e. The number of hydrogen-bond acceptors (Lipinski definition) is 4. The van der Waals surface area contributed by atoms with Crippen LogP contribution in [0.1, 0.15) is 18.1 Å². The molecule has 5 nitrogen and oxygen atoms in total. The molecular weight excluding hydrogens is 266 g/mol. The van der Waals surface area contributed by atoms with Crippen molar-refractivity contribution in [2.75, 3.05) is 17.2 Å². The van der Waals surface area contributed by atoms with Gasteiger partial charge in [0.15, 0.2) is 0 Å². The molecule has 0 amide bonds. The Morgan fingerprint density at radius 2 is 1.86 bits per heavy atom. The third-order valence-corrected chi connectivity index (χ3v) is 3.45. The molecule has 2 N–H and O–H groups in total. The van der Waals surface area contributed by atoms with Gasteiger partial charge in [-0.3, -0.25) is 10.1 Å². The normalized spacial score (nSPS) is 10.4. The van der Waals surface area contributed by atoms with Crippen molar-refractivity contribution in [2.45, 2.75) is 20.4 Å². The van der Waals surface area contributed by atoms with E-state index < -0.39 is 4.92 Å². The number of aryl methyl sites for hydroxylation is 1. The molecule has 0 saturated carbocycles. The number of benzene rings is 2. The molecule has 0 aliphatic rings. The number of nitrogens with zero attached hydrogens (tertiary/aromatic N) is 2. The summed E-state index contributed by atoms with van der Waals surface area (Å²) in [6.45, 7) is 5.54. The highest BCUT2D eigenvalue weighted by Gasteiger charge is 2.13. The standard InChI is InChI=1S/C16H19N3O2/c1-3-18(14-7-4-12(2)5-8-14)11-13-6-9-15(17)16(10-13)19(20)21/h4-10H,3,11,17H2,1-2H3. The van der Waals surface area contributed by atoms with Gasteiger partial charge in [0.25, 0.3) is 5.69 Å². The Morgan fingerprint density at radius 1 is 1.19 bits per heavy atom. The van der Waals surface area contributed by atoms with Crippen LogP contribution < -0.4 is 10.6 Å². The predicted molar refractivity (Wildman–Crippen MR) is 85.4 cm³/mol. The Morgan fingerprint density at radius 3 is 2.43 bits per heavy atom. The SMILES string of the molecule is CCN(Cc1ccc(N)c([N+](=O)[O-])c1)c1ccc(C)cc1. The fourth-order valence-corrected chi connectivity index (χ4v) is 2.21. The van der Waals surface area contributed by atoms with E-state index in [9.17, 15) is 10.1 Å². The molecule has 2 aromatic rings. The van der Waals surface area contributed by atoms with E-state index in [4.69, 9.17) is 5.73 Å². The summed E-state index contributed by atoms with van der Waals surface area (Å²) in [5, 5.41) is 10.9. The van der Waals surface area contributed by atoms with Crippen LogP contribution in [0.15, 0.2) is 42.5 Å². The van der Waals surface area contributed by atoms with Gasteiger partial charge in [-0.05, 0) is 37.6 Å². The van der Waals surface area contributed by atoms with Gasteiger partial charge in [0.05, 0.1) is 4.92 Å². The molecule has 5 heteroatoms. The fraction of sp³-hybridized carbons (Fsp3) is 0.250. The molecule has 0 bridgehead atoms. The van der Waals surface area contributed by atoms with Crippen LogP contribution in [-0.4, -0.2) is 11.5 Å². The van der Waals surface area contributed by atoms with Crippen LogP contribution in [0, 0.1) is 17.0 Å². The van der Waals surface area contributed by atoms with Crippen molar-refractivity contribution in [3.8, 4) is 0 Å². The second-order valence-electron chi connectivity index (χ2n) is 5.00. The summed E-state index contributed by atoms with van der Waals surface area (Å²) >= 11 is 0. The zero-order chi connectivity index (χ0) is 15.4. The fourth-order valence-electron chi connectivity index (χ4n) is 2.21. The van der Waals surface area contributed by atoms with Crippen LogP contribution in [0.3, 0.4) is 0 Å². The molecule has 0 saturated heterocycles. The van der Waals surface area contributed by atoms with Crippen molar-refractivity contribution in [3.05, 3.63) is 63.7 Å². The van der Waals surface area contributed by atoms with Gasteiger partial charge in [-0.2, -0.15) is 0 Å². The minimum Gasteiger partial charge on any atom is -0.393 e. The summed E-state index contributed by atoms with van der Waals surface area (Å²) in [4.78, 5) is 12.7. The Balaban J connectivity index is 2.24. The second-order valence-corrected chi connectivity index (χ2v) is 5.00. The Kier molecular flexibility index (Phi) is 4.42. The van der Waals surface area contributed by atoms with E-state index in [0.29, 0.717) is 6.54 Å². The summed E-state index contributed by atoms with van der Waals surface area (Å²) < 4.78 is 0. The van der Waals surface area contributed by atoms with Gasteiger partial charge in [-0.1, -0.05) is 23.8 Å². The lowest BCUT2D eigenvalue weighted by Gasteiger charge is -2.23. The van der Waals surface area contributed by atoms with Crippen molar-refractivity contribution in [2.24, 2.45) is 0 Å². The minimum absolute atomic E-state index is 0.0348. The van der Waals surface area contributed by atoms with Gasteiger partial charge in [-0.15, -0.1) is 0 Å². The quantitative estimate of drug-likeness (QED) is 0.518. The van der Waals surface area contributed by atoms with Gasteiger partial charge >= 0.3 is 0 Å². The minimum atomic E-state index is -0.443. The molecule has 21 heavy (non-hydrogen) atoms. The maximum atomic E-state index is 10.9. The lowest BCUT2D eigenvalue weighted by atomic mass is 10.1. The molecule has 0 spiro atoms. The van der Waals surface area contributed by atoms with Gasteiger partial charge < -0.3 is 10.6 Å². The van der Waals surface area contributed by atoms with Crippen LogP contribution in [-0.2, 0) is 6.54 Å². The van der Waals surface area contributed by atoms with E-state index in [0.717, 1.165) is 17.8 Å². The third-order valence-electron chi connectivity index (χ3n) is 3.45. The van der Waals surface area contributed by atoms with Gasteiger partial charge in [0, 0.05) is 24.8 Å². The number of nitrogen functional groups attached to an aromatic ring is 1. The van der Waals surface area contributed by atoms with Crippen molar-refractivity contribution < 1.29 is 4.92 Å². The maximum Gasteiger partial charge on any atom is 0.292 e. The lowest BCUT2D eigenvalue weighted by Crippen LogP contribution is -2.22. The molecule has 2 aromatic carbocycles. The number of hydrogen-bond donors (Lipinski definition) is 1. The van der Waals surface area contributed by atoms with E-state index in [-0.39, 0.29) is 11.4 Å². The highest BCUT2D eigenvalue weighted by molar-refractivity contribution is 5.59. The summed E-state index contributed by atoms with van der Waals surface area (Å²) in [5.41, 5.74) is 8.97. The first-order valence-corrected chi connectivity index (χ1v) is 6.85. The summed E-state index contributed by atoms with van der Waals surface area (Å²) in [6.07, 6.45) is 0. The summed E-state index contributed by atoms with van der Waals surface area (Å²) in [6, 6.07) is 13.2. The van der Waals surface area contributed by atoms with E-state index >= 15 is 0 Å². The van der Waals surface area contributed by atoms with Gasteiger partial charge in [0.1, 0.15) is 5.69 Å². The van der Waals surface area contributed by atoms with Crippen molar-refractivity contribution in [1.82, 2.24) is 0 Å². The molecule has 0 heterocycles. The molecule has 110 valence electrons. The molecule has 0 aromatic heterocycles. The molecular formula is C16H19N3O2. The molecule has 0 unspecified atom stereocenters. The van der Waals surface area contributed by atoms with Crippen LogP contribution in [0.4, 0.5) is 17.1 Å². The van der Waals surface area contributed by atoms with Crippen LogP contribution in [0.25, 0.3) is 0 Å². The molecule has 0 aliphatic heterocycles. The van der Waals surface area contributed by atoms with Crippen LogP contribution >= 0.6 is 0 Å². The Labute approximate surface area is 124 Å². The first-order valence-electron chi connectivity index (χ1n) is 6.85. The smallest absolute Gasteiger partial charge is 0.292 e. The predicted octanol–water partition coefficient (Wildman–Crippen LogP) is 3.51. The monoisotopic (exact) mass is 285 g/mol. The first-order chi connectivity index (χ1) is 10.0. The molecule has 0 atom stereocenters. The lowest BCUT2D eigenvalue weighted by molar-refractivity contribution is -0.384. The van der Waals surface area contributed by atoms with Crippen molar-refractivity contribution >= 4 is 17.1 Å². The average Bonchev–Trinajstić information content (AvgIpc) is 2.47. The van der Waals surface area contributed by atoms with E-state index in [2.05, 4.69) is 36.1 Å². The topological polar surface area (TPSA) is 72.4 Å². The van der Waals surface area contributed by atoms with Crippen LogP contribution in [0.5, 0.6) is 0 Å². The first kappa shape index (κ1) is 14.8. The van der Waals surface area contributed by atoms with Crippen LogP contribution in [0.2, 0.25) is 0 Å². The summed E-state index contributed by atoms with van der Waals surface area (Å²) in [5.74, 6) is 0. The van der Waals surface area contributed by atoms with E-state index in [1.165, 1.54) is 5.56 Å². The van der Waals surface area contributed by atoms with Gasteiger partial charge in [-0.25, -0.2) is 0 Å². The number of nitro groups is 1. The molecule has 0 aliphatic carbocycles. The maximum absolute atomic E-state index is 10.9. The zero-order valence-electron chi connectivity index (χ0n) is 12.2. The molecule has 2 rings (SSSR count). The number of nitrogens with two attached hydrogens (primary N) is 1. The summed E-state index contributed by atoms with van der Waals surface area (Å²) in [7, 11) is 0. The highest BCUT2D eigenvalue weighted by Crippen LogP contribution is 2.24. The zero-order valence-corrected chi connectivity index (χ0v) is 12.2. The van der Waals surface area contributed by atoms with Crippen molar-refractivity contribution in [1.29, 1.82) is 0 Å².